The Hall–Kier alpha value is -7.55. The normalized spacial score (nSPS) is 13.0. The molecule has 2 heterocycles. The number of aromatic nitrogens is 1. The fourth-order valence-corrected chi connectivity index (χ4v) is 9.88. The Balaban J connectivity index is 1.10. The largest absolute Gasteiger partial charge is 0.456 e. The highest BCUT2D eigenvalue weighted by Gasteiger charge is 2.54. The minimum Gasteiger partial charge on any atom is -0.456 e. The lowest BCUT2D eigenvalue weighted by atomic mass is 9.70. The average molecular weight is 738 g/mol. The molecule has 2 aliphatic carbocycles. The van der Waals surface area contributed by atoms with E-state index >= 15 is 0 Å². The van der Waals surface area contributed by atoms with Gasteiger partial charge in [0, 0.05) is 27.6 Å². The van der Waals surface area contributed by atoms with Gasteiger partial charge in [-0.3, -0.25) is 0 Å². The van der Waals surface area contributed by atoms with Crippen molar-refractivity contribution in [3.63, 3.8) is 0 Å². The summed E-state index contributed by atoms with van der Waals surface area (Å²) in [5.41, 5.74) is 20.2. The Morgan fingerprint density at radius 2 is 0.828 bits per heavy atom. The molecule has 1 spiro atoms. The molecule has 270 valence electrons. The van der Waals surface area contributed by atoms with Crippen LogP contribution in [-0.2, 0) is 5.41 Å². The third-order valence-corrected chi connectivity index (χ3v) is 12.3. The van der Waals surface area contributed by atoms with Gasteiger partial charge in [-0.05, 0) is 79.4 Å². The fourth-order valence-electron chi connectivity index (χ4n) is 9.88. The molecule has 12 rings (SSSR count). The number of para-hydroxylation sites is 1. The van der Waals surface area contributed by atoms with Crippen LogP contribution in [0.2, 0.25) is 0 Å². The second kappa shape index (κ2) is 12.7. The van der Waals surface area contributed by atoms with Gasteiger partial charge in [-0.2, -0.15) is 0 Å². The molecule has 2 aromatic heterocycles. The minimum atomic E-state index is -0.522. The molecule has 0 N–H and O–H groups in total. The number of benzene rings is 8. The maximum Gasteiger partial charge on any atom is 0.141 e. The van der Waals surface area contributed by atoms with Crippen LogP contribution < -0.4 is 0 Å². The zero-order valence-corrected chi connectivity index (χ0v) is 31.6. The van der Waals surface area contributed by atoms with E-state index in [1.807, 2.05) is 0 Å². The van der Waals surface area contributed by atoms with Crippen molar-refractivity contribution in [2.45, 2.75) is 5.41 Å². The quantitative estimate of drug-likeness (QED) is 0.176. The van der Waals surface area contributed by atoms with E-state index in [1.54, 1.807) is 0 Å². The van der Waals surface area contributed by atoms with E-state index in [9.17, 15) is 0 Å². The van der Waals surface area contributed by atoms with Crippen molar-refractivity contribution in [1.82, 2.24) is 4.98 Å². The molecule has 0 aliphatic heterocycles. The first-order valence-electron chi connectivity index (χ1n) is 20.0. The van der Waals surface area contributed by atoms with Crippen molar-refractivity contribution in [3.05, 3.63) is 235 Å². The SMILES string of the molecule is c1ccc(-c2ccc(-c3cc(-c4ccccc4-c4cccc5c4-c4oc6ccccc6c4C54c5ccccc5-c5ccccc54)cc(-c4ccccc4)n3)cc2)cc1. The third-order valence-electron chi connectivity index (χ3n) is 12.3. The van der Waals surface area contributed by atoms with Crippen LogP contribution in [0.4, 0.5) is 0 Å². The molecular weight excluding hydrogens is 703 g/mol. The molecule has 58 heavy (non-hydrogen) atoms. The smallest absolute Gasteiger partial charge is 0.141 e. The standard InChI is InChI=1S/C56H35NO/c1-3-16-36(17-4-1)37-30-32-39(33-31-37)51-35-40(34-50(57-51)38-18-5-2-6-19-38)41-20-7-8-21-42(41)45-25-15-28-49-53(45)55-54(46-24-11-14-29-52(46)58-55)56(49)47-26-12-9-22-43(47)44-23-10-13-27-48(44)56/h1-35H. The van der Waals surface area contributed by atoms with Gasteiger partial charge in [0.2, 0.25) is 0 Å². The average Bonchev–Trinajstić information content (AvgIpc) is 3.93. The van der Waals surface area contributed by atoms with Crippen molar-refractivity contribution < 1.29 is 4.42 Å². The summed E-state index contributed by atoms with van der Waals surface area (Å²) in [6, 6.07) is 76.5. The van der Waals surface area contributed by atoms with Crippen molar-refractivity contribution in [1.29, 1.82) is 0 Å². The summed E-state index contributed by atoms with van der Waals surface area (Å²) >= 11 is 0. The Morgan fingerprint density at radius 1 is 0.345 bits per heavy atom. The number of hydrogen-bond acceptors (Lipinski definition) is 2. The summed E-state index contributed by atoms with van der Waals surface area (Å²) in [4.78, 5) is 5.29. The second-order valence-corrected chi connectivity index (χ2v) is 15.4. The van der Waals surface area contributed by atoms with Crippen LogP contribution in [0.3, 0.4) is 0 Å². The highest BCUT2D eigenvalue weighted by atomic mass is 16.3. The van der Waals surface area contributed by atoms with E-state index in [0.717, 1.165) is 67.1 Å². The molecule has 0 saturated carbocycles. The van der Waals surface area contributed by atoms with E-state index in [1.165, 1.54) is 44.5 Å². The Bertz CT molecular complexity index is 3170. The molecule has 8 aromatic carbocycles. The molecule has 0 radical (unpaired) electrons. The van der Waals surface area contributed by atoms with Crippen molar-refractivity contribution in [2.75, 3.05) is 0 Å². The van der Waals surface area contributed by atoms with Gasteiger partial charge in [-0.25, -0.2) is 4.98 Å². The van der Waals surface area contributed by atoms with E-state index in [4.69, 9.17) is 9.40 Å². The predicted molar refractivity (Wildman–Crippen MR) is 237 cm³/mol. The van der Waals surface area contributed by atoms with E-state index < -0.39 is 5.41 Å². The van der Waals surface area contributed by atoms with Crippen molar-refractivity contribution in [3.8, 4) is 78.3 Å². The number of pyridine rings is 1. The van der Waals surface area contributed by atoms with Crippen molar-refractivity contribution >= 4 is 11.0 Å². The molecule has 0 unspecified atom stereocenters. The summed E-state index contributed by atoms with van der Waals surface area (Å²) in [6.07, 6.45) is 0. The molecule has 10 aromatic rings. The maximum atomic E-state index is 7.05. The molecule has 0 bridgehead atoms. The number of nitrogens with zero attached hydrogens (tertiary/aromatic N) is 1. The summed E-state index contributed by atoms with van der Waals surface area (Å²) in [6.45, 7) is 0. The topological polar surface area (TPSA) is 26.0 Å². The molecule has 2 aliphatic rings. The van der Waals surface area contributed by atoms with Crippen LogP contribution in [0.1, 0.15) is 22.3 Å². The van der Waals surface area contributed by atoms with E-state index in [0.29, 0.717) is 0 Å². The van der Waals surface area contributed by atoms with E-state index in [-0.39, 0.29) is 0 Å². The first kappa shape index (κ1) is 32.7. The Labute approximate surface area is 337 Å². The summed E-state index contributed by atoms with van der Waals surface area (Å²) in [7, 11) is 0. The van der Waals surface area contributed by atoms with Gasteiger partial charge in [0.15, 0.2) is 0 Å². The zero-order chi connectivity index (χ0) is 38.2. The summed E-state index contributed by atoms with van der Waals surface area (Å²) < 4.78 is 7.05. The lowest BCUT2D eigenvalue weighted by Crippen LogP contribution is -2.25. The molecule has 2 heteroatoms. The van der Waals surface area contributed by atoms with Crippen LogP contribution in [0.25, 0.3) is 89.3 Å². The first-order chi connectivity index (χ1) is 28.8. The van der Waals surface area contributed by atoms with Crippen LogP contribution in [0.5, 0.6) is 0 Å². The maximum absolute atomic E-state index is 7.05. The van der Waals surface area contributed by atoms with Crippen LogP contribution in [0.15, 0.2) is 217 Å². The second-order valence-electron chi connectivity index (χ2n) is 15.4. The minimum absolute atomic E-state index is 0.522. The van der Waals surface area contributed by atoms with Gasteiger partial charge in [-0.1, -0.05) is 194 Å². The first-order valence-corrected chi connectivity index (χ1v) is 20.0. The van der Waals surface area contributed by atoms with Gasteiger partial charge in [0.25, 0.3) is 0 Å². The van der Waals surface area contributed by atoms with Crippen molar-refractivity contribution in [2.24, 2.45) is 0 Å². The number of rotatable bonds is 5. The summed E-state index contributed by atoms with van der Waals surface area (Å²) in [5.74, 6) is 0.951. The van der Waals surface area contributed by atoms with Gasteiger partial charge < -0.3 is 4.42 Å². The van der Waals surface area contributed by atoms with Crippen LogP contribution in [0, 0.1) is 0 Å². The Morgan fingerprint density at radius 3 is 1.52 bits per heavy atom. The number of hydrogen-bond donors (Lipinski definition) is 0. The predicted octanol–water partition coefficient (Wildman–Crippen LogP) is 14.5. The van der Waals surface area contributed by atoms with Gasteiger partial charge in [-0.15, -0.1) is 0 Å². The van der Waals surface area contributed by atoms with Crippen LogP contribution in [-0.4, -0.2) is 4.98 Å². The fraction of sp³-hybridized carbons (Fsp3) is 0.0179. The highest BCUT2D eigenvalue weighted by molar-refractivity contribution is 6.06. The molecule has 0 saturated heterocycles. The molecular formula is C56H35NO. The van der Waals surface area contributed by atoms with E-state index in [2.05, 4.69) is 212 Å². The lowest BCUT2D eigenvalue weighted by molar-refractivity contribution is 0.629. The summed E-state index contributed by atoms with van der Waals surface area (Å²) in [5, 5.41) is 1.16. The van der Waals surface area contributed by atoms with Gasteiger partial charge in [0.1, 0.15) is 11.3 Å². The third kappa shape index (κ3) is 4.69. The van der Waals surface area contributed by atoms with Gasteiger partial charge >= 0.3 is 0 Å². The molecule has 0 atom stereocenters. The molecule has 0 fully saturated rings. The number of fused-ring (bicyclic) bond motifs is 12. The molecule has 0 amide bonds. The van der Waals surface area contributed by atoms with Gasteiger partial charge in [0.05, 0.1) is 16.8 Å². The highest BCUT2D eigenvalue weighted by Crippen LogP contribution is 2.66. The molecule has 2 nitrogen and oxygen atoms in total. The Kier molecular flexibility index (Phi) is 7.18. The van der Waals surface area contributed by atoms with Crippen LogP contribution >= 0.6 is 0 Å². The number of furan rings is 1. The lowest BCUT2D eigenvalue weighted by Gasteiger charge is -2.30. The zero-order valence-electron chi connectivity index (χ0n) is 31.6. The monoisotopic (exact) mass is 737 g/mol.